The van der Waals surface area contributed by atoms with E-state index in [1.54, 1.807) is 6.20 Å². The predicted octanol–water partition coefficient (Wildman–Crippen LogP) is 4.56. The molecule has 180 valence electrons. The van der Waals surface area contributed by atoms with Crippen molar-refractivity contribution in [2.45, 2.75) is 56.8 Å². The van der Waals surface area contributed by atoms with E-state index in [0.717, 1.165) is 47.5 Å². The number of hydrogen-bond acceptors (Lipinski definition) is 5. The third-order valence-electron chi connectivity index (χ3n) is 6.61. The van der Waals surface area contributed by atoms with E-state index in [-0.39, 0.29) is 11.9 Å². The fourth-order valence-electron chi connectivity index (χ4n) is 4.86. The molecule has 3 amide bonds. The highest BCUT2D eigenvalue weighted by Crippen LogP contribution is 2.38. The molecule has 7 nitrogen and oxygen atoms in total. The van der Waals surface area contributed by atoms with Crippen molar-refractivity contribution in [1.82, 2.24) is 20.0 Å². The van der Waals surface area contributed by atoms with Crippen LogP contribution in [0.2, 0.25) is 0 Å². The first-order valence-electron chi connectivity index (χ1n) is 12.1. The number of anilines is 1. The number of hydrogen-bond donors (Lipinski definition) is 3. The first-order valence-corrected chi connectivity index (χ1v) is 12.9. The smallest absolute Gasteiger partial charge is 0.329 e. The Labute approximate surface area is 209 Å². The van der Waals surface area contributed by atoms with Crippen LogP contribution in [0.1, 0.15) is 56.8 Å². The Morgan fingerprint density at radius 1 is 0.943 bits per heavy atom. The van der Waals surface area contributed by atoms with Gasteiger partial charge in [0.15, 0.2) is 0 Å². The first-order chi connectivity index (χ1) is 17.1. The standard InChI is InChI=1S/C27H29N5O2S/c1-17-15-30-24(16-29-17)26(33)28-13-12-18-8-10-21(11-9-18)35-32-27(34)31-25-22-6-2-4-19(22)14-20-5-3-7-23(20)25/h8-11,14-16H,2-7,12-13H2,1H3,(H,28,33)(H2,31,32,34). The molecule has 1 heterocycles. The van der Waals surface area contributed by atoms with Crippen molar-refractivity contribution >= 4 is 29.6 Å². The van der Waals surface area contributed by atoms with Crippen molar-refractivity contribution in [3.63, 3.8) is 0 Å². The second-order valence-corrected chi connectivity index (χ2v) is 9.96. The van der Waals surface area contributed by atoms with Gasteiger partial charge in [0.05, 0.1) is 11.9 Å². The maximum atomic E-state index is 12.7. The molecule has 0 fully saturated rings. The summed E-state index contributed by atoms with van der Waals surface area (Å²) in [6.45, 7) is 2.34. The normalized spacial score (nSPS) is 13.7. The lowest BCUT2D eigenvalue weighted by atomic mass is 9.99. The quantitative estimate of drug-likeness (QED) is 0.425. The number of amides is 3. The number of nitrogens with zero attached hydrogens (tertiary/aromatic N) is 2. The number of carbonyl (C=O) groups is 2. The van der Waals surface area contributed by atoms with Crippen molar-refractivity contribution in [3.05, 3.63) is 81.9 Å². The summed E-state index contributed by atoms with van der Waals surface area (Å²) < 4.78 is 2.93. The van der Waals surface area contributed by atoms with Crippen LogP contribution in [0, 0.1) is 6.92 Å². The minimum atomic E-state index is -0.227. The molecule has 0 atom stereocenters. The van der Waals surface area contributed by atoms with Gasteiger partial charge < -0.3 is 10.6 Å². The van der Waals surface area contributed by atoms with Crippen LogP contribution < -0.4 is 15.4 Å². The van der Waals surface area contributed by atoms with Crippen LogP contribution in [0.5, 0.6) is 0 Å². The Morgan fingerprint density at radius 3 is 2.31 bits per heavy atom. The number of nitrogens with one attached hydrogen (secondary N) is 3. The molecule has 0 saturated heterocycles. The molecule has 2 aliphatic rings. The summed E-state index contributed by atoms with van der Waals surface area (Å²) in [6, 6.07) is 10.2. The van der Waals surface area contributed by atoms with Gasteiger partial charge in [0.2, 0.25) is 0 Å². The minimum Gasteiger partial charge on any atom is -0.350 e. The minimum absolute atomic E-state index is 0.185. The Morgan fingerprint density at radius 2 is 1.66 bits per heavy atom. The van der Waals surface area contributed by atoms with Gasteiger partial charge in [-0.2, -0.15) is 0 Å². The SMILES string of the molecule is Cc1cnc(C(=O)NCCc2ccc(SNC(=O)Nc3c4c(cc5c3CCC5)CCC4)cc2)cn1. The molecule has 3 N–H and O–H groups in total. The lowest BCUT2D eigenvalue weighted by Crippen LogP contribution is -2.26. The van der Waals surface area contributed by atoms with Crippen molar-refractivity contribution in [1.29, 1.82) is 0 Å². The Balaban J connectivity index is 1.10. The third-order valence-corrected chi connectivity index (χ3v) is 7.40. The molecule has 0 unspecified atom stereocenters. The van der Waals surface area contributed by atoms with E-state index in [9.17, 15) is 9.59 Å². The van der Waals surface area contributed by atoms with Gasteiger partial charge in [-0.25, -0.2) is 9.78 Å². The van der Waals surface area contributed by atoms with Crippen molar-refractivity contribution in [3.8, 4) is 0 Å². The van der Waals surface area contributed by atoms with E-state index in [1.165, 1.54) is 53.2 Å². The number of benzene rings is 2. The molecule has 1 aromatic heterocycles. The van der Waals surface area contributed by atoms with Crippen LogP contribution in [0.15, 0.2) is 47.6 Å². The lowest BCUT2D eigenvalue weighted by Gasteiger charge is -2.16. The van der Waals surface area contributed by atoms with Crippen molar-refractivity contribution in [2.75, 3.05) is 11.9 Å². The molecular weight excluding hydrogens is 458 g/mol. The maximum Gasteiger partial charge on any atom is 0.329 e. The molecular formula is C27H29N5O2S. The monoisotopic (exact) mass is 487 g/mol. The summed E-state index contributed by atoms with van der Waals surface area (Å²) >= 11 is 1.30. The van der Waals surface area contributed by atoms with Gasteiger partial charge in [0.25, 0.3) is 5.91 Å². The van der Waals surface area contributed by atoms with E-state index in [4.69, 9.17) is 0 Å². The van der Waals surface area contributed by atoms with Gasteiger partial charge in [0.1, 0.15) is 5.69 Å². The average molecular weight is 488 g/mol. The molecule has 0 bridgehead atoms. The molecule has 0 aliphatic heterocycles. The van der Waals surface area contributed by atoms with E-state index in [2.05, 4.69) is 31.4 Å². The zero-order valence-electron chi connectivity index (χ0n) is 19.8. The zero-order valence-corrected chi connectivity index (χ0v) is 20.6. The largest absolute Gasteiger partial charge is 0.350 e. The van der Waals surface area contributed by atoms with Gasteiger partial charge in [-0.15, -0.1) is 0 Å². The van der Waals surface area contributed by atoms with Gasteiger partial charge in [-0.1, -0.05) is 18.2 Å². The molecule has 0 spiro atoms. The van der Waals surface area contributed by atoms with Gasteiger partial charge in [0, 0.05) is 23.3 Å². The number of fused-ring (bicyclic) bond motifs is 2. The zero-order chi connectivity index (χ0) is 24.2. The Bertz CT molecular complexity index is 1210. The summed E-state index contributed by atoms with van der Waals surface area (Å²) in [6.07, 6.45) is 10.4. The molecule has 5 rings (SSSR count). The van der Waals surface area contributed by atoms with Crippen molar-refractivity contribution < 1.29 is 9.59 Å². The summed E-state index contributed by atoms with van der Waals surface area (Å²) in [5, 5.41) is 6.03. The molecule has 3 aromatic rings. The van der Waals surface area contributed by atoms with E-state index < -0.39 is 0 Å². The third kappa shape index (κ3) is 5.48. The van der Waals surface area contributed by atoms with Crippen LogP contribution in [0.25, 0.3) is 0 Å². The molecule has 8 heteroatoms. The highest BCUT2D eigenvalue weighted by atomic mass is 32.2. The van der Waals surface area contributed by atoms with Crippen molar-refractivity contribution in [2.24, 2.45) is 0 Å². The first kappa shape index (κ1) is 23.4. The number of aromatic nitrogens is 2. The summed E-state index contributed by atoms with van der Waals surface area (Å²) in [5.41, 5.74) is 8.73. The van der Waals surface area contributed by atoms with Crippen LogP contribution in [-0.2, 0) is 32.1 Å². The fourth-order valence-corrected chi connectivity index (χ4v) is 5.39. The lowest BCUT2D eigenvalue weighted by molar-refractivity contribution is 0.0948. The molecule has 0 saturated carbocycles. The Hall–Kier alpha value is -3.39. The highest BCUT2D eigenvalue weighted by Gasteiger charge is 2.25. The van der Waals surface area contributed by atoms with Crippen LogP contribution in [0.4, 0.5) is 10.5 Å². The van der Waals surface area contributed by atoms with E-state index in [1.807, 2.05) is 31.2 Å². The number of carbonyl (C=O) groups excluding carboxylic acids is 2. The predicted molar refractivity (Wildman–Crippen MR) is 138 cm³/mol. The number of rotatable bonds is 7. The Kier molecular flexibility index (Phi) is 6.99. The molecule has 0 radical (unpaired) electrons. The van der Waals surface area contributed by atoms with Gasteiger partial charge in [-0.3, -0.25) is 14.5 Å². The van der Waals surface area contributed by atoms with Crippen LogP contribution in [0.3, 0.4) is 0 Å². The topological polar surface area (TPSA) is 96.0 Å². The molecule has 35 heavy (non-hydrogen) atoms. The molecule has 2 aliphatic carbocycles. The maximum absolute atomic E-state index is 12.7. The summed E-state index contributed by atoms with van der Waals surface area (Å²) in [4.78, 5) is 34.0. The highest BCUT2D eigenvalue weighted by molar-refractivity contribution is 7.98. The van der Waals surface area contributed by atoms with E-state index >= 15 is 0 Å². The number of aryl methyl sites for hydroxylation is 3. The second kappa shape index (κ2) is 10.5. The van der Waals surface area contributed by atoms with Crippen LogP contribution in [-0.4, -0.2) is 28.5 Å². The van der Waals surface area contributed by atoms with Crippen LogP contribution >= 0.6 is 11.9 Å². The van der Waals surface area contributed by atoms with Gasteiger partial charge in [-0.05, 0) is 104 Å². The van der Waals surface area contributed by atoms with E-state index in [0.29, 0.717) is 18.7 Å². The number of urea groups is 1. The second-order valence-electron chi connectivity index (χ2n) is 9.09. The summed E-state index contributed by atoms with van der Waals surface area (Å²) in [7, 11) is 0. The molecule has 2 aromatic carbocycles. The average Bonchev–Trinajstić information content (AvgIpc) is 3.53. The summed E-state index contributed by atoms with van der Waals surface area (Å²) in [5.74, 6) is -0.227. The fraction of sp³-hybridized carbons (Fsp3) is 0.333. The van der Waals surface area contributed by atoms with Gasteiger partial charge >= 0.3 is 6.03 Å².